The van der Waals surface area contributed by atoms with Gasteiger partial charge in [0.1, 0.15) is 5.75 Å². The van der Waals surface area contributed by atoms with Crippen molar-refractivity contribution in [3.8, 4) is 5.75 Å². The van der Waals surface area contributed by atoms with Crippen molar-refractivity contribution in [1.82, 2.24) is 9.62 Å². The Hall–Kier alpha value is -1.60. The second-order valence-electron chi connectivity index (χ2n) is 5.00. The summed E-state index contributed by atoms with van der Waals surface area (Å²) in [5, 5.41) is 2.78. The highest BCUT2D eigenvalue weighted by Crippen LogP contribution is 2.16. The van der Waals surface area contributed by atoms with Crippen LogP contribution in [0, 0.1) is 0 Å². The van der Waals surface area contributed by atoms with Gasteiger partial charge in [-0.2, -0.15) is 0 Å². The number of amides is 1. The molecule has 0 heterocycles. The van der Waals surface area contributed by atoms with Gasteiger partial charge in [-0.3, -0.25) is 4.79 Å². The van der Waals surface area contributed by atoms with Gasteiger partial charge >= 0.3 is 0 Å². The Balaban J connectivity index is 2.49. The molecule has 1 amide bonds. The number of nitrogens with one attached hydrogen (secondary N) is 1. The van der Waals surface area contributed by atoms with Gasteiger partial charge in [0.2, 0.25) is 15.9 Å². The highest BCUT2D eigenvalue weighted by molar-refractivity contribution is 7.88. The summed E-state index contributed by atoms with van der Waals surface area (Å²) in [7, 11) is -1.69. The first-order valence-electron chi connectivity index (χ1n) is 7.22. The number of nitrogens with zero attached hydrogens (tertiary/aromatic N) is 1. The standard InChI is InChI=1S/C15H24N2O4S/c1-4-10-17(22(3,19)20)11-9-15(18)16-12-13-7-5-6-8-14(13)21-2/h5-8H,4,9-12H2,1-3H3,(H,16,18). The second-order valence-corrected chi connectivity index (χ2v) is 6.98. The van der Waals surface area contributed by atoms with Crippen molar-refractivity contribution in [3.05, 3.63) is 29.8 Å². The van der Waals surface area contributed by atoms with E-state index in [1.807, 2.05) is 31.2 Å². The van der Waals surface area contributed by atoms with Crippen molar-refractivity contribution in [2.75, 3.05) is 26.5 Å². The van der Waals surface area contributed by atoms with E-state index in [2.05, 4.69) is 5.32 Å². The van der Waals surface area contributed by atoms with Crippen LogP contribution in [0.3, 0.4) is 0 Å². The minimum Gasteiger partial charge on any atom is -0.496 e. The molecule has 0 radical (unpaired) electrons. The highest BCUT2D eigenvalue weighted by atomic mass is 32.2. The number of carbonyl (C=O) groups is 1. The summed E-state index contributed by atoms with van der Waals surface area (Å²) in [6.07, 6.45) is 2.02. The maximum Gasteiger partial charge on any atom is 0.221 e. The summed E-state index contributed by atoms with van der Waals surface area (Å²) in [5.41, 5.74) is 0.881. The molecular formula is C15H24N2O4S. The molecule has 0 unspecified atom stereocenters. The van der Waals surface area contributed by atoms with E-state index in [4.69, 9.17) is 4.74 Å². The number of benzene rings is 1. The fourth-order valence-electron chi connectivity index (χ4n) is 2.05. The molecule has 0 saturated carbocycles. The van der Waals surface area contributed by atoms with Gasteiger partial charge in [0.05, 0.1) is 13.4 Å². The lowest BCUT2D eigenvalue weighted by Crippen LogP contribution is -2.35. The molecule has 0 bridgehead atoms. The van der Waals surface area contributed by atoms with Crippen LogP contribution in [0.1, 0.15) is 25.3 Å². The molecular weight excluding hydrogens is 304 g/mol. The van der Waals surface area contributed by atoms with E-state index in [0.717, 1.165) is 18.2 Å². The SMILES string of the molecule is CCCN(CCC(=O)NCc1ccccc1OC)S(C)(=O)=O. The average molecular weight is 328 g/mol. The van der Waals surface area contributed by atoms with Gasteiger partial charge < -0.3 is 10.1 Å². The molecule has 0 aromatic heterocycles. The minimum absolute atomic E-state index is 0.141. The lowest BCUT2D eigenvalue weighted by Gasteiger charge is -2.18. The molecule has 1 N–H and O–H groups in total. The third kappa shape index (κ3) is 6.03. The molecule has 7 heteroatoms. The molecule has 0 saturated heterocycles. The molecule has 0 aliphatic heterocycles. The molecule has 124 valence electrons. The zero-order chi connectivity index (χ0) is 16.6. The first kappa shape index (κ1) is 18.4. The van der Waals surface area contributed by atoms with Gasteiger partial charge in [-0.15, -0.1) is 0 Å². The average Bonchev–Trinajstić information content (AvgIpc) is 2.48. The van der Waals surface area contributed by atoms with Crippen LogP contribution in [-0.4, -0.2) is 45.1 Å². The van der Waals surface area contributed by atoms with E-state index in [9.17, 15) is 13.2 Å². The smallest absolute Gasteiger partial charge is 0.221 e. The molecule has 1 aromatic carbocycles. The third-order valence-electron chi connectivity index (χ3n) is 3.20. The molecule has 6 nitrogen and oxygen atoms in total. The van der Waals surface area contributed by atoms with Gasteiger partial charge in [0.15, 0.2) is 0 Å². The summed E-state index contributed by atoms with van der Waals surface area (Å²) in [5.74, 6) is 0.530. The molecule has 0 atom stereocenters. The molecule has 0 aliphatic rings. The van der Waals surface area contributed by atoms with Crippen molar-refractivity contribution in [1.29, 1.82) is 0 Å². The maximum atomic E-state index is 11.9. The van der Waals surface area contributed by atoms with Gasteiger partial charge in [-0.1, -0.05) is 25.1 Å². The van der Waals surface area contributed by atoms with Crippen LogP contribution in [0.4, 0.5) is 0 Å². The lowest BCUT2D eigenvalue weighted by atomic mass is 10.2. The summed E-state index contributed by atoms with van der Waals surface area (Å²) in [6, 6.07) is 7.43. The van der Waals surface area contributed by atoms with Crippen LogP contribution in [0.15, 0.2) is 24.3 Å². The van der Waals surface area contributed by atoms with Crippen molar-refractivity contribution >= 4 is 15.9 Å². The van der Waals surface area contributed by atoms with E-state index >= 15 is 0 Å². The summed E-state index contributed by atoms with van der Waals surface area (Å²) in [4.78, 5) is 11.9. The van der Waals surface area contributed by atoms with E-state index in [1.54, 1.807) is 7.11 Å². The van der Waals surface area contributed by atoms with Crippen molar-refractivity contribution in [3.63, 3.8) is 0 Å². The molecule has 22 heavy (non-hydrogen) atoms. The third-order valence-corrected chi connectivity index (χ3v) is 4.50. The molecule has 1 rings (SSSR count). The van der Waals surface area contributed by atoms with Crippen LogP contribution in [0.5, 0.6) is 5.75 Å². The first-order chi connectivity index (χ1) is 10.4. The number of ether oxygens (including phenoxy) is 1. The Kier molecular flexibility index (Phi) is 7.34. The van der Waals surface area contributed by atoms with Crippen LogP contribution in [0.2, 0.25) is 0 Å². The van der Waals surface area contributed by atoms with E-state index in [-0.39, 0.29) is 18.9 Å². The Bertz CT molecular complexity index is 587. The zero-order valence-electron chi connectivity index (χ0n) is 13.3. The van der Waals surface area contributed by atoms with E-state index < -0.39 is 10.0 Å². The number of sulfonamides is 1. The summed E-state index contributed by atoms with van der Waals surface area (Å²) >= 11 is 0. The number of para-hydroxylation sites is 1. The normalized spacial score (nSPS) is 11.5. The van der Waals surface area contributed by atoms with E-state index in [0.29, 0.717) is 18.8 Å². The lowest BCUT2D eigenvalue weighted by molar-refractivity contribution is -0.121. The zero-order valence-corrected chi connectivity index (χ0v) is 14.1. The van der Waals surface area contributed by atoms with Crippen molar-refractivity contribution < 1.29 is 17.9 Å². The molecule has 1 aromatic rings. The number of carbonyl (C=O) groups excluding carboxylic acids is 1. The molecule has 0 spiro atoms. The van der Waals surface area contributed by atoms with Crippen LogP contribution in [-0.2, 0) is 21.4 Å². The highest BCUT2D eigenvalue weighted by Gasteiger charge is 2.16. The Morgan fingerprint density at radius 1 is 1.27 bits per heavy atom. The predicted octanol–water partition coefficient (Wildman–Crippen LogP) is 1.37. The van der Waals surface area contributed by atoms with Crippen LogP contribution in [0.25, 0.3) is 0 Å². The van der Waals surface area contributed by atoms with Gasteiger partial charge in [0.25, 0.3) is 0 Å². The Labute approximate surface area is 132 Å². The monoisotopic (exact) mass is 328 g/mol. The van der Waals surface area contributed by atoms with Gasteiger partial charge in [0, 0.05) is 31.6 Å². The quantitative estimate of drug-likeness (QED) is 0.743. The molecule has 0 aliphatic carbocycles. The van der Waals surface area contributed by atoms with E-state index in [1.165, 1.54) is 4.31 Å². The topological polar surface area (TPSA) is 75.7 Å². The number of rotatable bonds is 9. The molecule has 0 fully saturated rings. The maximum absolute atomic E-state index is 11.9. The number of hydrogen-bond donors (Lipinski definition) is 1. The minimum atomic E-state index is -3.27. The fourth-order valence-corrected chi connectivity index (χ4v) is 2.99. The Morgan fingerprint density at radius 3 is 2.55 bits per heavy atom. The first-order valence-corrected chi connectivity index (χ1v) is 9.07. The van der Waals surface area contributed by atoms with Crippen molar-refractivity contribution in [2.45, 2.75) is 26.3 Å². The Morgan fingerprint density at radius 2 is 1.95 bits per heavy atom. The van der Waals surface area contributed by atoms with Crippen LogP contribution < -0.4 is 10.1 Å². The van der Waals surface area contributed by atoms with Crippen LogP contribution >= 0.6 is 0 Å². The number of methoxy groups -OCH3 is 1. The number of hydrogen-bond acceptors (Lipinski definition) is 4. The summed E-state index contributed by atoms with van der Waals surface area (Å²) < 4.78 is 29.7. The largest absolute Gasteiger partial charge is 0.496 e. The predicted molar refractivity (Wildman–Crippen MR) is 86.2 cm³/mol. The fraction of sp³-hybridized carbons (Fsp3) is 0.533. The van der Waals surface area contributed by atoms with Crippen molar-refractivity contribution in [2.24, 2.45) is 0 Å². The summed E-state index contributed by atoms with van der Waals surface area (Å²) in [6.45, 7) is 2.89. The second kappa shape index (κ2) is 8.75. The van der Waals surface area contributed by atoms with Gasteiger partial charge in [-0.25, -0.2) is 12.7 Å². The van der Waals surface area contributed by atoms with Gasteiger partial charge in [-0.05, 0) is 12.5 Å².